The van der Waals surface area contributed by atoms with Crippen LogP contribution in [0.25, 0.3) is 0 Å². The van der Waals surface area contributed by atoms with E-state index in [1.807, 2.05) is 18.2 Å². The van der Waals surface area contributed by atoms with Gasteiger partial charge < -0.3 is 5.32 Å². The fraction of sp³-hybridized carbons (Fsp3) is 0.333. The summed E-state index contributed by atoms with van der Waals surface area (Å²) in [5.41, 5.74) is 2.18. The largest absolute Gasteiger partial charge is 0.307 e. The molecule has 20 heavy (non-hydrogen) atoms. The quantitative estimate of drug-likeness (QED) is 0.866. The van der Waals surface area contributed by atoms with Gasteiger partial charge >= 0.3 is 0 Å². The van der Waals surface area contributed by atoms with E-state index >= 15 is 0 Å². The average Bonchev–Trinajstić information content (AvgIpc) is 2.44. The number of rotatable bonds is 4. The molecular weight excluding hydrogens is 249 g/mol. The summed E-state index contributed by atoms with van der Waals surface area (Å²) in [5, 5.41) is 3.63. The molecule has 104 valence electrons. The van der Waals surface area contributed by atoms with Crippen molar-refractivity contribution in [1.29, 1.82) is 0 Å². The highest BCUT2D eigenvalue weighted by Gasteiger charge is 2.32. The average molecular weight is 269 g/mol. The van der Waals surface area contributed by atoms with E-state index in [4.69, 9.17) is 0 Å². The number of benzene rings is 2. The molecule has 0 bridgehead atoms. The first-order valence-electron chi connectivity index (χ1n) is 7.29. The van der Waals surface area contributed by atoms with Crippen LogP contribution in [0, 0.1) is 5.82 Å². The van der Waals surface area contributed by atoms with Gasteiger partial charge in [0.15, 0.2) is 0 Å². The topological polar surface area (TPSA) is 12.0 Å². The highest BCUT2D eigenvalue weighted by Crippen LogP contribution is 2.38. The number of nitrogens with one attached hydrogen (secondary N) is 1. The van der Waals surface area contributed by atoms with Gasteiger partial charge in [-0.1, -0.05) is 48.5 Å². The summed E-state index contributed by atoms with van der Waals surface area (Å²) >= 11 is 0. The highest BCUT2D eigenvalue weighted by molar-refractivity contribution is 5.25. The van der Waals surface area contributed by atoms with Crippen molar-refractivity contribution in [3.8, 4) is 0 Å². The minimum atomic E-state index is -0.0629. The molecule has 0 aliphatic heterocycles. The molecule has 0 amide bonds. The number of hydrogen-bond acceptors (Lipinski definition) is 1. The maximum atomic E-state index is 13.7. The molecule has 2 aromatic carbocycles. The predicted molar refractivity (Wildman–Crippen MR) is 80.2 cm³/mol. The lowest BCUT2D eigenvalue weighted by Crippen LogP contribution is -2.41. The molecule has 0 aromatic heterocycles. The summed E-state index contributed by atoms with van der Waals surface area (Å²) < 4.78 is 13.7. The maximum absolute atomic E-state index is 13.7. The molecule has 0 spiro atoms. The van der Waals surface area contributed by atoms with Gasteiger partial charge in [-0.2, -0.15) is 0 Å². The third-order valence-electron chi connectivity index (χ3n) is 4.27. The Labute approximate surface area is 119 Å². The van der Waals surface area contributed by atoms with E-state index < -0.39 is 0 Å². The minimum absolute atomic E-state index is 0.0629. The summed E-state index contributed by atoms with van der Waals surface area (Å²) in [6.07, 6.45) is 2.05. The van der Waals surface area contributed by atoms with Crippen LogP contribution in [0.1, 0.15) is 42.9 Å². The van der Waals surface area contributed by atoms with Gasteiger partial charge in [0.25, 0.3) is 0 Å². The summed E-state index contributed by atoms with van der Waals surface area (Å²) in [7, 11) is 0. The third kappa shape index (κ3) is 2.75. The first-order chi connectivity index (χ1) is 9.74. The first kappa shape index (κ1) is 13.3. The van der Waals surface area contributed by atoms with Gasteiger partial charge in [-0.05, 0) is 42.9 Å². The molecule has 0 saturated heterocycles. The van der Waals surface area contributed by atoms with Crippen molar-refractivity contribution >= 4 is 0 Å². The zero-order valence-corrected chi connectivity index (χ0v) is 11.7. The lowest BCUT2D eigenvalue weighted by Gasteiger charge is -2.38. The molecule has 0 heterocycles. The number of hydrogen-bond donors (Lipinski definition) is 1. The normalized spacial score (nSPS) is 23.1. The van der Waals surface area contributed by atoms with E-state index in [2.05, 4.69) is 36.5 Å². The molecule has 1 aliphatic carbocycles. The summed E-state index contributed by atoms with van der Waals surface area (Å²) in [6.45, 7) is 2.19. The lowest BCUT2D eigenvalue weighted by atomic mass is 9.75. The second kappa shape index (κ2) is 5.76. The molecule has 3 rings (SSSR count). The molecule has 1 atom stereocenters. The maximum Gasteiger partial charge on any atom is 0.126 e. The fourth-order valence-corrected chi connectivity index (χ4v) is 3.01. The van der Waals surface area contributed by atoms with Crippen LogP contribution < -0.4 is 5.32 Å². The van der Waals surface area contributed by atoms with Crippen LogP contribution in [0.5, 0.6) is 0 Å². The molecule has 1 aliphatic rings. The Bertz CT molecular complexity index is 561. The van der Waals surface area contributed by atoms with Gasteiger partial charge in [-0.25, -0.2) is 4.39 Å². The summed E-state index contributed by atoms with van der Waals surface area (Å²) in [4.78, 5) is 0. The molecule has 1 nitrogen and oxygen atoms in total. The Morgan fingerprint density at radius 3 is 2.35 bits per heavy atom. The fourth-order valence-electron chi connectivity index (χ4n) is 3.01. The van der Waals surface area contributed by atoms with Crippen molar-refractivity contribution in [3.63, 3.8) is 0 Å². The Kier molecular flexibility index (Phi) is 3.83. The van der Waals surface area contributed by atoms with E-state index in [0.29, 0.717) is 18.0 Å². The van der Waals surface area contributed by atoms with E-state index in [1.54, 1.807) is 12.1 Å². The second-order valence-corrected chi connectivity index (χ2v) is 5.69. The molecule has 1 fully saturated rings. The first-order valence-corrected chi connectivity index (χ1v) is 7.29. The van der Waals surface area contributed by atoms with E-state index in [9.17, 15) is 4.39 Å². The zero-order valence-electron chi connectivity index (χ0n) is 11.7. The van der Waals surface area contributed by atoms with Crippen LogP contribution in [0.15, 0.2) is 54.6 Å². The van der Waals surface area contributed by atoms with Crippen LogP contribution in [0.3, 0.4) is 0 Å². The van der Waals surface area contributed by atoms with Crippen LogP contribution in [0.4, 0.5) is 4.39 Å². The Balaban J connectivity index is 1.55. The second-order valence-electron chi connectivity index (χ2n) is 5.69. The van der Waals surface area contributed by atoms with Gasteiger partial charge in [0.05, 0.1) is 0 Å². The molecule has 1 N–H and O–H groups in total. The lowest BCUT2D eigenvalue weighted by molar-refractivity contribution is 0.266. The number of halogens is 1. The van der Waals surface area contributed by atoms with E-state index in [0.717, 1.165) is 18.4 Å². The van der Waals surface area contributed by atoms with Gasteiger partial charge in [-0.15, -0.1) is 0 Å². The molecule has 2 heteroatoms. The molecule has 1 saturated carbocycles. The molecule has 2 aromatic rings. The van der Waals surface area contributed by atoms with E-state index in [1.165, 1.54) is 5.56 Å². The monoisotopic (exact) mass is 269 g/mol. The Morgan fingerprint density at radius 2 is 1.65 bits per heavy atom. The molecule has 0 unspecified atom stereocenters. The van der Waals surface area contributed by atoms with Gasteiger partial charge in [0.1, 0.15) is 5.82 Å². The van der Waals surface area contributed by atoms with Crippen molar-refractivity contribution in [2.75, 3.05) is 0 Å². The van der Waals surface area contributed by atoms with Crippen molar-refractivity contribution in [3.05, 3.63) is 71.5 Å². The van der Waals surface area contributed by atoms with Crippen LogP contribution >= 0.6 is 0 Å². The van der Waals surface area contributed by atoms with Crippen molar-refractivity contribution in [2.45, 2.75) is 37.8 Å². The predicted octanol–water partition coefficient (Wildman–Crippen LogP) is 4.42. The van der Waals surface area contributed by atoms with Crippen LogP contribution in [-0.2, 0) is 0 Å². The van der Waals surface area contributed by atoms with Crippen LogP contribution in [0.2, 0.25) is 0 Å². The Morgan fingerprint density at radius 1 is 1.00 bits per heavy atom. The molecular formula is C18H20FN. The molecule has 0 radical (unpaired) electrons. The van der Waals surface area contributed by atoms with Gasteiger partial charge in [0, 0.05) is 12.1 Å². The van der Waals surface area contributed by atoms with Crippen molar-refractivity contribution < 1.29 is 4.39 Å². The van der Waals surface area contributed by atoms with Gasteiger partial charge in [0.2, 0.25) is 0 Å². The SMILES string of the molecule is C[C@H](NC1CC(c2ccccc2F)C1)c1ccccc1. The van der Waals surface area contributed by atoms with Crippen molar-refractivity contribution in [1.82, 2.24) is 5.32 Å². The van der Waals surface area contributed by atoms with Crippen LogP contribution in [-0.4, -0.2) is 6.04 Å². The summed E-state index contributed by atoms with van der Waals surface area (Å²) in [5.74, 6) is 0.309. The van der Waals surface area contributed by atoms with Gasteiger partial charge in [-0.3, -0.25) is 0 Å². The minimum Gasteiger partial charge on any atom is -0.307 e. The summed E-state index contributed by atoms with van der Waals surface area (Å²) in [6, 6.07) is 18.4. The Hall–Kier alpha value is -1.67. The third-order valence-corrected chi connectivity index (χ3v) is 4.27. The zero-order chi connectivity index (χ0) is 13.9. The highest BCUT2D eigenvalue weighted by atomic mass is 19.1. The van der Waals surface area contributed by atoms with Crippen molar-refractivity contribution in [2.24, 2.45) is 0 Å². The standard InChI is InChI=1S/C18H20FN/c1-13(14-7-3-2-4-8-14)20-16-11-15(12-16)17-9-5-6-10-18(17)19/h2-10,13,15-16,20H,11-12H2,1H3/t13-,15?,16?/m0/s1. The smallest absolute Gasteiger partial charge is 0.126 e. The van der Waals surface area contributed by atoms with E-state index in [-0.39, 0.29) is 5.82 Å².